The van der Waals surface area contributed by atoms with Gasteiger partial charge in [0.2, 0.25) is 0 Å². The van der Waals surface area contributed by atoms with Crippen molar-refractivity contribution < 1.29 is 9.90 Å². The highest BCUT2D eigenvalue weighted by molar-refractivity contribution is 5.73. The van der Waals surface area contributed by atoms with Gasteiger partial charge in [-0.1, -0.05) is 44.2 Å². The van der Waals surface area contributed by atoms with Gasteiger partial charge in [0.05, 0.1) is 0 Å². The van der Waals surface area contributed by atoms with Crippen LogP contribution in [-0.2, 0) is 11.2 Å². The first-order valence-corrected chi connectivity index (χ1v) is 6.09. The van der Waals surface area contributed by atoms with Crippen molar-refractivity contribution in [3.8, 4) is 0 Å². The lowest BCUT2D eigenvalue weighted by molar-refractivity contribution is -0.139. The Balaban J connectivity index is 2.35. The molecule has 0 fully saturated rings. The van der Waals surface area contributed by atoms with E-state index in [1.165, 1.54) is 5.56 Å². The van der Waals surface area contributed by atoms with Crippen LogP contribution in [-0.4, -0.2) is 23.7 Å². The van der Waals surface area contributed by atoms with Gasteiger partial charge in [-0.15, -0.1) is 0 Å². The highest BCUT2D eigenvalue weighted by atomic mass is 16.4. The van der Waals surface area contributed by atoms with E-state index in [0.29, 0.717) is 18.9 Å². The molecule has 0 bridgehead atoms. The van der Waals surface area contributed by atoms with Crippen LogP contribution in [0.5, 0.6) is 0 Å². The van der Waals surface area contributed by atoms with Gasteiger partial charge in [-0.3, -0.25) is 4.79 Å². The van der Waals surface area contributed by atoms with E-state index in [1.807, 2.05) is 32.0 Å². The average Bonchev–Trinajstić information content (AvgIpc) is 2.28. The molecule has 0 aromatic heterocycles. The third kappa shape index (κ3) is 5.50. The number of rotatable bonds is 7. The normalized spacial score (nSPS) is 12.6. The lowest BCUT2D eigenvalue weighted by Crippen LogP contribution is -2.38. The second kappa shape index (κ2) is 7.07. The van der Waals surface area contributed by atoms with Crippen LogP contribution in [0.2, 0.25) is 0 Å². The van der Waals surface area contributed by atoms with Gasteiger partial charge in [0.25, 0.3) is 0 Å². The second-order valence-corrected chi connectivity index (χ2v) is 4.71. The Kier molecular flexibility index (Phi) is 5.70. The maximum Gasteiger partial charge on any atom is 0.320 e. The molecule has 0 aliphatic carbocycles. The first kappa shape index (κ1) is 13.7. The Morgan fingerprint density at radius 3 is 2.47 bits per heavy atom. The molecule has 0 heterocycles. The number of carboxylic acids is 1. The molecule has 0 saturated carbocycles. The predicted molar refractivity (Wildman–Crippen MR) is 69.0 cm³/mol. The van der Waals surface area contributed by atoms with Crippen molar-refractivity contribution in [2.24, 2.45) is 5.92 Å². The van der Waals surface area contributed by atoms with Crippen LogP contribution in [0.25, 0.3) is 0 Å². The molecule has 1 atom stereocenters. The number of nitrogens with one attached hydrogen (secondary N) is 1. The number of hydrogen-bond donors (Lipinski definition) is 2. The van der Waals surface area contributed by atoms with E-state index in [9.17, 15) is 4.79 Å². The smallest absolute Gasteiger partial charge is 0.320 e. The van der Waals surface area contributed by atoms with Crippen molar-refractivity contribution in [2.45, 2.75) is 32.7 Å². The van der Waals surface area contributed by atoms with Gasteiger partial charge in [0.1, 0.15) is 6.04 Å². The SMILES string of the molecule is CC(C)C[C@H](NCCc1ccccc1)C(=O)O. The van der Waals surface area contributed by atoms with Crippen LogP contribution in [0, 0.1) is 5.92 Å². The molecule has 0 unspecified atom stereocenters. The standard InChI is InChI=1S/C14H21NO2/c1-11(2)10-13(14(16)17)15-9-8-12-6-4-3-5-7-12/h3-7,11,13,15H,8-10H2,1-2H3,(H,16,17)/t13-/m0/s1. The maximum atomic E-state index is 11.0. The fraction of sp³-hybridized carbons (Fsp3) is 0.500. The topological polar surface area (TPSA) is 49.3 Å². The Bertz CT molecular complexity index is 335. The summed E-state index contributed by atoms with van der Waals surface area (Å²) >= 11 is 0. The van der Waals surface area contributed by atoms with Crippen LogP contribution >= 0.6 is 0 Å². The minimum Gasteiger partial charge on any atom is -0.480 e. The Morgan fingerprint density at radius 1 is 1.29 bits per heavy atom. The van der Waals surface area contributed by atoms with Gasteiger partial charge in [-0.25, -0.2) is 0 Å². The zero-order valence-corrected chi connectivity index (χ0v) is 10.5. The summed E-state index contributed by atoms with van der Waals surface area (Å²) in [4.78, 5) is 11.0. The third-order valence-corrected chi connectivity index (χ3v) is 2.65. The lowest BCUT2D eigenvalue weighted by Gasteiger charge is -2.16. The van der Waals surface area contributed by atoms with E-state index in [4.69, 9.17) is 5.11 Å². The highest BCUT2D eigenvalue weighted by Gasteiger charge is 2.17. The summed E-state index contributed by atoms with van der Waals surface area (Å²) in [6, 6.07) is 9.66. The molecular formula is C14H21NO2. The fourth-order valence-corrected chi connectivity index (χ4v) is 1.78. The van der Waals surface area contributed by atoms with E-state index in [0.717, 1.165) is 6.42 Å². The minimum absolute atomic E-state index is 0.389. The molecule has 1 aromatic carbocycles. The molecule has 1 rings (SSSR count). The van der Waals surface area contributed by atoms with Crippen molar-refractivity contribution in [2.75, 3.05) is 6.54 Å². The van der Waals surface area contributed by atoms with Crippen molar-refractivity contribution >= 4 is 5.97 Å². The number of benzene rings is 1. The van der Waals surface area contributed by atoms with E-state index in [1.54, 1.807) is 0 Å². The van der Waals surface area contributed by atoms with Crippen LogP contribution in [0.3, 0.4) is 0 Å². The molecule has 94 valence electrons. The van der Waals surface area contributed by atoms with Gasteiger partial charge in [-0.05, 0) is 30.9 Å². The van der Waals surface area contributed by atoms with Crippen LogP contribution in [0.15, 0.2) is 30.3 Å². The van der Waals surface area contributed by atoms with Crippen LogP contribution in [0.4, 0.5) is 0 Å². The molecule has 0 radical (unpaired) electrons. The van der Waals surface area contributed by atoms with Gasteiger partial charge in [-0.2, -0.15) is 0 Å². The minimum atomic E-state index is -0.758. The third-order valence-electron chi connectivity index (χ3n) is 2.65. The van der Waals surface area contributed by atoms with E-state index in [2.05, 4.69) is 17.4 Å². The molecule has 2 N–H and O–H groups in total. The molecule has 0 spiro atoms. The van der Waals surface area contributed by atoms with E-state index >= 15 is 0 Å². The molecule has 0 aliphatic heterocycles. The number of carbonyl (C=O) groups is 1. The maximum absolute atomic E-state index is 11.0. The summed E-state index contributed by atoms with van der Waals surface area (Å²) < 4.78 is 0. The zero-order chi connectivity index (χ0) is 12.7. The van der Waals surface area contributed by atoms with Crippen molar-refractivity contribution in [3.05, 3.63) is 35.9 Å². The Morgan fingerprint density at radius 2 is 1.94 bits per heavy atom. The van der Waals surface area contributed by atoms with Crippen molar-refractivity contribution in [1.82, 2.24) is 5.32 Å². The highest BCUT2D eigenvalue weighted by Crippen LogP contribution is 2.05. The predicted octanol–water partition coefficient (Wildman–Crippen LogP) is 2.32. The molecular weight excluding hydrogens is 214 g/mol. The Labute approximate surface area is 103 Å². The largest absolute Gasteiger partial charge is 0.480 e. The first-order chi connectivity index (χ1) is 8.09. The average molecular weight is 235 g/mol. The molecule has 0 aliphatic rings. The lowest BCUT2D eigenvalue weighted by atomic mass is 10.0. The summed E-state index contributed by atoms with van der Waals surface area (Å²) in [6.45, 7) is 4.78. The summed E-state index contributed by atoms with van der Waals surface area (Å²) in [5.41, 5.74) is 1.23. The summed E-state index contributed by atoms with van der Waals surface area (Å²) in [7, 11) is 0. The quantitative estimate of drug-likeness (QED) is 0.762. The zero-order valence-electron chi connectivity index (χ0n) is 10.5. The molecule has 1 aromatic rings. The van der Waals surface area contributed by atoms with Crippen LogP contribution < -0.4 is 5.32 Å². The first-order valence-electron chi connectivity index (χ1n) is 6.09. The van der Waals surface area contributed by atoms with Gasteiger partial charge in [0, 0.05) is 0 Å². The summed E-state index contributed by atoms with van der Waals surface area (Å²) in [5, 5.41) is 12.2. The monoisotopic (exact) mass is 235 g/mol. The Hall–Kier alpha value is -1.35. The number of aliphatic carboxylic acids is 1. The number of hydrogen-bond acceptors (Lipinski definition) is 2. The fourth-order valence-electron chi connectivity index (χ4n) is 1.78. The van der Waals surface area contributed by atoms with E-state index in [-0.39, 0.29) is 0 Å². The van der Waals surface area contributed by atoms with Crippen molar-refractivity contribution in [1.29, 1.82) is 0 Å². The molecule has 3 nitrogen and oxygen atoms in total. The van der Waals surface area contributed by atoms with Gasteiger partial charge in [0.15, 0.2) is 0 Å². The molecule has 3 heteroatoms. The molecule has 0 amide bonds. The summed E-state index contributed by atoms with van der Waals surface area (Å²) in [6.07, 6.45) is 1.53. The summed E-state index contributed by atoms with van der Waals surface area (Å²) in [5.74, 6) is -0.368. The van der Waals surface area contributed by atoms with E-state index < -0.39 is 12.0 Å². The number of carboxylic acid groups (broad SMARTS) is 1. The molecule has 17 heavy (non-hydrogen) atoms. The van der Waals surface area contributed by atoms with Crippen molar-refractivity contribution in [3.63, 3.8) is 0 Å². The second-order valence-electron chi connectivity index (χ2n) is 4.71. The van der Waals surface area contributed by atoms with Gasteiger partial charge < -0.3 is 10.4 Å². The molecule has 0 saturated heterocycles. The van der Waals surface area contributed by atoms with Gasteiger partial charge >= 0.3 is 5.97 Å². The van der Waals surface area contributed by atoms with Crippen LogP contribution in [0.1, 0.15) is 25.8 Å².